The lowest BCUT2D eigenvalue weighted by molar-refractivity contribution is -0.0153. The highest BCUT2D eigenvalue weighted by Crippen LogP contribution is 2.20. The number of aliphatic hydroxyl groups is 1. The molecule has 0 spiro atoms. The lowest BCUT2D eigenvalue weighted by atomic mass is 9.95. The first-order valence-electron chi connectivity index (χ1n) is 6.70. The van der Waals surface area contributed by atoms with Crippen LogP contribution in [0.2, 0.25) is 5.02 Å². The van der Waals surface area contributed by atoms with E-state index in [9.17, 15) is 9.90 Å². The molecule has 0 saturated carbocycles. The van der Waals surface area contributed by atoms with E-state index >= 15 is 0 Å². The molecule has 3 nitrogen and oxygen atoms in total. The molecule has 1 aromatic rings. The van der Waals surface area contributed by atoms with Crippen molar-refractivity contribution in [3.8, 4) is 0 Å². The third-order valence-corrected chi connectivity index (χ3v) is 3.79. The number of nitrogens with zero attached hydrogens (tertiary/aromatic N) is 1. The van der Waals surface area contributed by atoms with Gasteiger partial charge in [-0.1, -0.05) is 23.7 Å². The van der Waals surface area contributed by atoms with E-state index in [1.165, 1.54) is 0 Å². The van der Waals surface area contributed by atoms with E-state index in [1.54, 1.807) is 24.3 Å². The molecule has 104 valence electrons. The van der Waals surface area contributed by atoms with Gasteiger partial charge in [-0.25, -0.2) is 0 Å². The molecule has 0 aliphatic carbocycles. The first-order valence-corrected chi connectivity index (χ1v) is 7.08. The molecule has 0 radical (unpaired) electrons. The predicted molar refractivity (Wildman–Crippen MR) is 76.7 cm³/mol. The number of rotatable bonds is 4. The number of likely N-dealkylation sites (tertiary alicyclic amines) is 1. The van der Waals surface area contributed by atoms with E-state index in [4.69, 9.17) is 11.6 Å². The van der Waals surface area contributed by atoms with Crippen molar-refractivity contribution in [2.24, 2.45) is 0 Å². The Hall–Kier alpha value is -0.900. The molecule has 0 aromatic heterocycles. The van der Waals surface area contributed by atoms with Crippen molar-refractivity contribution < 1.29 is 9.90 Å². The van der Waals surface area contributed by atoms with Gasteiger partial charge in [0, 0.05) is 30.1 Å². The Bertz CT molecular complexity index is 459. The average molecular weight is 282 g/mol. The average Bonchev–Trinajstić information content (AvgIpc) is 2.35. The van der Waals surface area contributed by atoms with Gasteiger partial charge in [-0.3, -0.25) is 4.79 Å². The van der Waals surface area contributed by atoms with Crippen LogP contribution in [0.5, 0.6) is 0 Å². The molecule has 4 heteroatoms. The van der Waals surface area contributed by atoms with Crippen LogP contribution in [0.15, 0.2) is 24.3 Å². The summed E-state index contributed by atoms with van der Waals surface area (Å²) in [6.07, 6.45) is 2.29. The normalized spacial score (nSPS) is 24.4. The van der Waals surface area contributed by atoms with Gasteiger partial charge in [0.25, 0.3) is 0 Å². The summed E-state index contributed by atoms with van der Waals surface area (Å²) in [5, 5.41) is 10.6. The number of Topliss-reactive ketones (excluding diaryl/α,β-unsaturated/α-hetero) is 1. The van der Waals surface area contributed by atoms with E-state index in [0.29, 0.717) is 30.1 Å². The number of ketones is 1. The van der Waals surface area contributed by atoms with Crippen molar-refractivity contribution >= 4 is 17.4 Å². The first-order chi connectivity index (χ1) is 8.96. The second kappa shape index (κ2) is 6.04. The Morgan fingerprint density at radius 1 is 1.53 bits per heavy atom. The predicted octanol–water partition coefficient (Wildman–Crippen LogP) is 2.76. The summed E-state index contributed by atoms with van der Waals surface area (Å²) in [5.41, 5.74) is 0.0495. The van der Waals surface area contributed by atoms with Crippen LogP contribution in [-0.4, -0.2) is 41.0 Å². The summed E-state index contributed by atoms with van der Waals surface area (Å²) in [6.45, 7) is 4.16. The highest BCUT2D eigenvalue weighted by molar-refractivity contribution is 6.31. The molecule has 1 aliphatic heterocycles. The molecule has 1 N–H and O–H groups in total. The molecule has 19 heavy (non-hydrogen) atoms. The van der Waals surface area contributed by atoms with Gasteiger partial charge in [-0.15, -0.1) is 0 Å². The molecule has 1 unspecified atom stereocenters. The van der Waals surface area contributed by atoms with Gasteiger partial charge >= 0.3 is 0 Å². The van der Waals surface area contributed by atoms with Crippen molar-refractivity contribution in [1.82, 2.24) is 4.90 Å². The zero-order chi connectivity index (χ0) is 13.9. The summed E-state index contributed by atoms with van der Waals surface area (Å²) in [4.78, 5) is 14.2. The van der Waals surface area contributed by atoms with E-state index in [0.717, 1.165) is 19.4 Å². The lowest BCUT2D eigenvalue weighted by Crippen LogP contribution is -2.46. The summed E-state index contributed by atoms with van der Waals surface area (Å²) >= 11 is 5.88. The van der Waals surface area contributed by atoms with E-state index in [-0.39, 0.29) is 5.78 Å². The second-order valence-electron chi connectivity index (χ2n) is 5.56. The van der Waals surface area contributed by atoms with Gasteiger partial charge in [0.05, 0.1) is 5.60 Å². The number of β-amino-alcohol motifs (C(OH)–C–C–N with tert-alkyl or cyclic N) is 1. The van der Waals surface area contributed by atoms with Crippen molar-refractivity contribution in [2.75, 3.05) is 19.6 Å². The van der Waals surface area contributed by atoms with E-state index in [1.807, 2.05) is 6.92 Å². The minimum absolute atomic E-state index is 0.104. The topological polar surface area (TPSA) is 40.5 Å². The zero-order valence-corrected chi connectivity index (χ0v) is 12.0. The van der Waals surface area contributed by atoms with Crippen LogP contribution < -0.4 is 0 Å². The Morgan fingerprint density at radius 3 is 3.00 bits per heavy atom. The monoisotopic (exact) mass is 281 g/mol. The maximum absolute atomic E-state index is 12.1. The third kappa shape index (κ3) is 4.30. The number of carbonyl (C=O) groups is 1. The number of hydrogen-bond acceptors (Lipinski definition) is 3. The van der Waals surface area contributed by atoms with Crippen molar-refractivity contribution in [1.29, 1.82) is 0 Å². The molecule has 0 amide bonds. The Balaban J connectivity index is 1.87. The van der Waals surface area contributed by atoms with E-state index < -0.39 is 5.60 Å². The Kier molecular flexibility index (Phi) is 4.61. The van der Waals surface area contributed by atoms with Crippen LogP contribution in [0.1, 0.15) is 36.5 Å². The molecule has 1 aromatic carbocycles. The minimum Gasteiger partial charge on any atom is -0.389 e. The number of halogens is 1. The molecular formula is C15H20ClNO2. The zero-order valence-electron chi connectivity index (χ0n) is 11.2. The van der Waals surface area contributed by atoms with Crippen molar-refractivity contribution in [3.05, 3.63) is 34.9 Å². The molecule has 1 aliphatic rings. The number of hydrogen-bond donors (Lipinski definition) is 1. The summed E-state index contributed by atoms with van der Waals surface area (Å²) in [5.74, 6) is 0.104. The minimum atomic E-state index is -0.614. The van der Waals surface area contributed by atoms with Crippen LogP contribution >= 0.6 is 11.6 Å². The summed E-state index contributed by atoms with van der Waals surface area (Å²) in [7, 11) is 0. The highest BCUT2D eigenvalue weighted by Gasteiger charge is 2.28. The van der Waals surface area contributed by atoms with Crippen LogP contribution in [0.3, 0.4) is 0 Å². The van der Waals surface area contributed by atoms with Crippen molar-refractivity contribution in [2.45, 2.75) is 31.8 Å². The fourth-order valence-electron chi connectivity index (χ4n) is 2.58. The standard InChI is InChI=1S/C15H20ClNO2/c1-15(19)7-3-8-17(11-15)9-6-14(18)12-4-2-5-13(16)10-12/h2,4-5,10,19H,3,6-9,11H2,1H3. The second-order valence-corrected chi connectivity index (χ2v) is 6.00. The smallest absolute Gasteiger partial charge is 0.164 e. The highest BCUT2D eigenvalue weighted by atomic mass is 35.5. The number of carbonyl (C=O) groups excluding carboxylic acids is 1. The molecule has 1 heterocycles. The van der Waals surface area contributed by atoms with E-state index in [2.05, 4.69) is 4.90 Å². The lowest BCUT2D eigenvalue weighted by Gasteiger charge is -2.36. The summed E-state index contributed by atoms with van der Waals surface area (Å²) in [6, 6.07) is 7.05. The van der Waals surface area contributed by atoms with Gasteiger partial charge in [0.1, 0.15) is 0 Å². The molecule has 1 fully saturated rings. The maximum Gasteiger partial charge on any atom is 0.164 e. The number of piperidine rings is 1. The summed E-state index contributed by atoms with van der Waals surface area (Å²) < 4.78 is 0. The van der Waals surface area contributed by atoms with Crippen LogP contribution in [0.25, 0.3) is 0 Å². The van der Waals surface area contributed by atoms with Crippen LogP contribution in [-0.2, 0) is 0 Å². The van der Waals surface area contributed by atoms with Gasteiger partial charge in [-0.2, -0.15) is 0 Å². The quantitative estimate of drug-likeness (QED) is 0.863. The fraction of sp³-hybridized carbons (Fsp3) is 0.533. The SMILES string of the molecule is CC1(O)CCCN(CCC(=O)c2cccc(Cl)c2)C1. The van der Waals surface area contributed by atoms with Crippen molar-refractivity contribution in [3.63, 3.8) is 0 Å². The molecular weight excluding hydrogens is 262 g/mol. The molecule has 1 saturated heterocycles. The Morgan fingerprint density at radius 2 is 2.32 bits per heavy atom. The van der Waals surface area contributed by atoms with Gasteiger partial charge in [-0.05, 0) is 38.4 Å². The van der Waals surface area contributed by atoms with Gasteiger partial charge < -0.3 is 10.0 Å². The maximum atomic E-state index is 12.1. The third-order valence-electron chi connectivity index (χ3n) is 3.56. The Labute approximate surface area is 119 Å². The molecule has 0 bridgehead atoms. The van der Waals surface area contributed by atoms with Gasteiger partial charge in [0.2, 0.25) is 0 Å². The van der Waals surface area contributed by atoms with Gasteiger partial charge in [0.15, 0.2) is 5.78 Å². The molecule has 2 rings (SSSR count). The number of benzene rings is 1. The largest absolute Gasteiger partial charge is 0.389 e. The van der Waals surface area contributed by atoms with Crippen LogP contribution in [0, 0.1) is 0 Å². The first kappa shape index (κ1) is 14.5. The van der Waals surface area contributed by atoms with Crippen LogP contribution in [0.4, 0.5) is 0 Å². The molecule has 1 atom stereocenters. The fourth-order valence-corrected chi connectivity index (χ4v) is 2.77.